The highest BCUT2D eigenvalue weighted by atomic mass is 16.3. The molecule has 1 N–H and O–H groups in total. The van der Waals surface area contributed by atoms with Gasteiger partial charge < -0.3 is 9.73 Å². The first-order valence-corrected chi connectivity index (χ1v) is 7.81. The van der Waals surface area contributed by atoms with Crippen LogP contribution in [0.1, 0.15) is 56.6 Å². The molecule has 1 aromatic rings. The number of furan rings is 1. The van der Waals surface area contributed by atoms with Crippen LogP contribution in [-0.4, -0.2) is 30.6 Å². The third-order valence-corrected chi connectivity index (χ3v) is 5.16. The Morgan fingerprint density at radius 2 is 1.89 bits per heavy atom. The molecule has 1 saturated carbocycles. The van der Waals surface area contributed by atoms with Crippen molar-refractivity contribution < 1.29 is 4.42 Å². The van der Waals surface area contributed by atoms with Gasteiger partial charge in [-0.3, -0.25) is 4.90 Å². The summed E-state index contributed by atoms with van der Waals surface area (Å²) in [5.41, 5.74) is 1.63. The van der Waals surface area contributed by atoms with Crippen molar-refractivity contribution in [2.45, 2.75) is 56.5 Å². The Labute approximate surface area is 116 Å². The summed E-state index contributed by atoms with van der Waals surface area (Å²) in [6.45, 7) is 2.55. The zero-order valence-corrected chi connectivity index (χ0v) is 12.0. The lowest BCUT2D eigenvalue weighted by Crippen LogP contribution is -2.56. The lowest BCUT2D eigenvalue weighted by Gasteiger charge is -2.48. The van der Waals surface area contributed by atoms with E-state index in [-0.39, 0.29) is 0 Å². The molecule has 0 aromatic carbocycles. The first-order valence-electron chi connectivity index (χ1n) is 7.81. The van der Waals surface area contributed by atoms with Crippen molar-refractivity contribution in [1.82, 2.24) is 10.2 Å². The van der Waals surface area contributed by atoms with Gasteiger partial charge in [0.05, 0.1) is 18.6 Å². The van der Waals surface area contributed by atoms with Gasteiger partial charge in [0.1, 0.15) is 0 Å². The molecule has 3 nitrogen and oxygen atoms in total. The van der Waals surface area contributed by atoms with Gasteiger partial charge in [0, 0.05) is 11.1 Å². The molecule has 1 unspecified atom stereocenters. The molecule has 0 spiro atoms. The van der Waals surface area contributed by atoms with E-state index in [0.717, 1.165) is 0 Å². The van der Waals surface area contributed by atoms with Gasteiger partial charge >= 0.3 is 0 Å². The van der Waals surface area contributed by atoms with E-state index >= 15 is 0 Å². The van der Waals surface area contributed by atoms with Crippen LogP contribution in [-0.2, 0) is 0 Å². The fourth-order valence-electron chi connectivity index (χ4n) is 4.30. The minimum absolute atomic E-state index is 0.318. The third kappa shape index (κ3) is 2.34. The van der Waals surface area contributed by atoms with E-state index < -0.39 is 0 Å². The first kappa shape index (κ1) is 13.2. The van der Waals surface area contributed by atoms with Gasteiger partial charge in [-0.25, -0.2) is 0 Å². The lowest BCUT2D eigenvalue weighted by molar-refractivity contribution is 0.0382. The topological polar surface area (TPSA) is 28.4 Å². The summed E-state index contributed by atoms with van der Waals surface area (Å²) in [6.07, 6.45) is 13.2. The van der Waals surface area contributed by atoms with Crippen LogP contribution < -0.4 is 5.32 Å². The maximum Gasteiger partial charge on any atom is 0.0951 e. The Morgan fingerprint density at radius 1 is 1.16 bits per heavy atom. The second-order valence-electron chi connectivity index (χ2n) is 6.14. The summed E-state index contributed by atoms with van der Waals surface area (Å²) in [5.74, 6) is 0. The molecule has 3 rings (SSSR count). The number of hydrogen-bond donors (Lipinski definition) is 1. The van der Waals surface area contributed by atoms with E-state index in [4.69, 9.17) is 4.42 Å². The number of hydrogen-bond acceptors (Lipinski definition) is 3. The molecular weight excluding hydrogens is 236 g/mol. The Hall–Kier alpha value is -0.800. The Bertz CT molecular complexity index is 375. The van der Waals surface area contributed by atoms with Crippen LogP contribution in [0.15, 0.2) is 23.0 Å². The molecule has 2 heterocycles. The van der Waals surface area contributed by atoms with E-state index in [1.807, 2.05) is 6.26 Å². The molecule has 0 amide bonds. The maximum absolute atomic E-state index is 5.33. The number of rotatable bonds is 4. The molecule has 0 bridgehead atoms. The summed E-state index contributed by atoms with van der Waals surface area (Å²) in [5, 5.41) is 3.58. The van der Waals surface area contributed by atoms with E-state index in [1.165, 1.54) is 63.6 Å². The van der Waals surface area contributed by atoms with Crippen molar-refractivity contribution in [3.8, 4) is 0 Å². The summed E-state index contributed by atoms with van der Waals surface area (Å²) >= 11 is 0. The summed E-state index contributed by atoms with van der Waals surface area (Å²) in [7, 11) is 2.10. The van der Waals surface area contributed by atoms with Crippen LogP contribution in [0.3, 0.4) is 0 Å². The van der Waals surface area contributed by atoms with Crippen LogP contribution in [0.4, 0.5) is 0 Å². The fourth-order valence-corrected chi connectivity index (χ4v) is 4.30. The number of nitrogens with one attached hydrogen (secondary N) is 1. The van der Waals surface area contributed by atoms with Crippen molar-refractivity contribution in [2.24, 2.45) is 0 Å². The van der Waals surface area contributed by atoms with Crippen LogP contribution in [0, 0.1) is 0 Å². The van der Waals surface area contributed by atoms with Crippen molar-refractivity contribution >= 4 is 0 Å². The van der Waals surface area contributed by atoms with Crippen molar-refractivity contribution in [3.05, 3.63) is 24.2 Å². The third-order valence-electron chi connectivity index (χ3n) is 5.16. The average molecular weight is 262 g/mol. The minimum atomic E-state index is 0.318. The Kier molecular flexibility index (Phi) is 3.94. The van der Waals surface area contributed by atoms with Crippen LogP contribution in [0.5, 0.6) is 0 Å². The monoisotopic (exact) mass is 262 g/mol. The highest BCUT2D eigenvalue weighted by Crippen LogP contribution is 2.45. The molecule has 2 fully saturated rings. The molecule has 0 radical (unpaired) electrons. The number of piperidine rings is 1. The molecule has 19 heavy (non-hydrogen) atoms. The number of likely N-dealkylation sites (tertiary alicyclic amines) is 1. The van der Waals surface area contributed by atoms with Gasteiger partial charge in [0.25, 0.3) is 0 Å². The number of likely N-dealkylation sites (N-methyl/N-ethyl adjacent to an activating group) is 1. The Balaban J connectivity index is 1.89. The molecule has 1 saturated heterocycles. The molecule has 1 aliphatic heterocycles. The van der Waals surface area contributed by atoms with Crippen LogP contribution in [0.2, 0.25) is 0 Å². The van der Waals surface area contributed by atoms with Crippen molar-refractivity contribution in [3.63, 3.8) is 0 Å². The Morgan fingerprint density at radius 3 is 2.47 bits per heavy atom. The van der Waals surface area contributed by atoms with Gasteiger partial charge in [-0.1, -0.05) is 19.3 Å². The van der Waals surface area contributed by atoms with E-state index in [9.17, 15) is 0 Å². The standard InChI is InChI=1S/C16H26N2O/c1-17-15(14-7-12-19-13-14)16(8-3-4-9-16)18-10-5-2-6-11-18/h7,12-13,15,17H,2-6,8-11H2,1H3. The summed E-state index contributed by atoms with van der Waals surface area (Å²) in [6, 6.07) is 2.54. The minimum Gasteiger partial charge on any atom is -0.472 e. The maximum atomic E-state index is 5.33. The highest BCUT2D eigenvalue weighted by Gasteiger charge is 2.46. The fraction of sp³-hybridized carbons (Fsp3) is 0.750. The second-order valence-corrected chi connectivity index (χ2v) is 6.14. The van der Waals surface area contributed by atoms with Crippen LogP contribution in [0.25, 0.3) is 0 Å². The smallest absolute Gasteiger partial charge is 0.0951 e. The first-order chi connectivity index (χ1) is 9.37. The van der Waals surface area contributed by atoms with Crippen molar-refractivity contribution in [2.75, 3.05) is 20.1 Å². The quantitative estimate of drug-likeness (QED) is 0.902. The van der Waals surface area contributed by atoms with Gasteiger partial charge in [-0.15, -0.1) is 0 Å². The van der Waals surface area contributed by atoms with Crippen molar-refractivity contribution in [1.29, 1.82) is 0 Å². The molecular formula is C16H26N2O. The molecule has 3 heteroatoms. The molecule has 2 aliphatic rings. The zero-order chi connectivity index (χ0) is 13.1. The predicted molar refractivity (Wildman–Crippen MR) is 77.1 cm³/mol. The molecule has 1 aromatic heterocycles. The van der Waals surface area contributed by atoms with Gasteiger partial charge in [-0.05, 0) is 51.9 Å². The van der Waals surface area contributed by atoms with Gasteiger partial charge in [0.15, 0.2) is 0 Å². The van der Waals surface area contributed by atoms with Crippen LogP contribution >= 0.6 is 0 Å². The lowest BCUT2D eigenvalue weighted by atomic mass is 9.81. The average Bonchev–Trinajstić information content (AvgIpc) is 3.13. The van der Waals surface area contributed by atoms with Gasteiger partial charge in [-0.2, -0.15) is 0 Å². The highest BCUT2D eigenvalue weighted by molar-refractivity contribution is 5.20. The van der Waals surface area contributed by atoms with E-state index in [0.29, 0.717) is 11.6 Å². The zero-order valence-electron chi connectivity index (χ0n) is 12.0. The van der Waals surface area contributed by atoms with Gasteiger partial charge in [0.2, 0.25) is 0 Å². The molecule has 1 aliphatic carbocycles. The SMILES string of the molecule is CNC(c1ccoc1)C1(N2CCCCC2)CCCC1. The summed E-state index contributed by atoms with van der Waals surface area (Å²) in [4.78, 5) is 2.78. The summed E-state index contributed by atoms with van der Waals surface area (Å²) < 4.78 is 5.33. The number of nitrogens with zero attached hydrogens (tertiary/aromatic N) is 1. The largest absolute Gasteiger partial charge is 0.472 e. The van der Waals surface area contributed by atoms with E-state index in [1.54, 1.807) is 6.26 Å². The molecule has 106 valence electrons. The second kappa shape index (κ2) is 5.68. The normalized spacial score (nSPS) is 25.5. The predicted octanol–water partition coefficient (Wildman–Crippen LogP) is 3.34. The van der Waals surface area contributed by atoms with E-state index in [2.05, 4.69) is 23.3 Å². The molecule has 1 atom stereocenters.